The van der Waals surface area contributed by atoms with Crippen molar-refractivity contribution >= 4 is 5.97 Å². The van der Waals surface area contributed by atoms with Crippen LogP contribution in [0.25, 0.3) is 0 Å². The molecule has 0 bridgehead atoms. The summed E-state index contributed by atoms with van der Waals surface area (Å²) in [5, 5.41) is 0. The highest BCUT2D eigenvalue weighted by Gasteiger charge is 2.12. The number of hydrogen-bond donors (Lipinski definition) is 1. The lowest BCUT2D eigenvalue weighted by Gasteiger charge is -1.99. The van der Waals surface area contributed by atoms with Gasteiger partial charge in [-0.25, -0.2) is 4.79 Å². The fourth-order valence-corrected chi connectivity index (χ4v) is 1.73. The number of rotatable bonds is 5. The molecule has 0 saturated heterocycles. The van der Waals surface area contributed by atoms with Gasteiger partial charge in [-0.05, 0) is 24.5 Å². The topological polar surface area (TPSA) is 42.1 Å². The van der Waals surface area contributed by atoms with Gasteiger partial charge in [-0.1, -0.05) is 26.7 Å². The van der Waals surface area contributed by atoms with Gasteiger partial charge in [0.2, 0.25) is 0 Å². The summed E-state index contributed by atoms with van der Waals surface area (Å²) in [7, 11) is 1.40. The van der Waals surface area contributed by atoms with Crippen LogP contribution in [0.1, 0.15) is 48.4 Å². The first-order chi connectivity index (χ1) is 7.22. The van der Waals surface area contributed by atoms with Crippen LogP contribution in [0, 0.1) is 0 Å². The highest BCUT2D eigenvalue weighted by Crippen LogP contribution is 2.15. The van der Waals surface area contributed by atoms with Crippen molar-refractivity contribution in [3.05, 3.63) is 23.0 Å². The molecule has 1 heterocycles. The largest absolute Gasteiger partial charge is 0.464 e. The fourth-order valence-electron chi connectivity index (χ4n) is 1.73. The molecular weight excluding hydrogens is 190 g/mol. The number of nitrogens with one attached hydrogen (secondary N) is 1. The summed E-state index contributed by atoms with van der Waals surface area (Å²) in [5.74, 6) is -0.283. The Morgan fingerprint density at radius 1 is 1.33 bits per heavy atom. The van der Waals surface area contributed by atoms with Crippen molar-refractivity contribution in [2.75, 3.05) is 7.11 Å². The molecule has 0 aromatic carbocycles. The monoisotopic (exact) mass is 209 g/mol. The number of methoxy groups -OCH3 is 1. The lowest BCUT2D eigenvalue weighted by atomic mass is 10.1. The number of esters is 1. The number of carbonyl (C=O) groups is 1. The summed E-state index contributed by atoms with van der Waals surface area (Å²) in [4.78, 5) is 14.5. The van der Waals surface area contributed by atoms with Crippen LogP contribution in [0.4, 0.5) is 0 Å². The number of hydrogen-bond acceptors (Lipinski definition) is 2. The van der Waals surface area contributed by atoms with Gasteiger partial charge in [0.05, 0.1) is 7.11 Å². The van der Waals surface area contributed by atoms with Crippen LogP contribution in [0.5, 0.6) is 0 Å². The second-order valence-corrected chi connectivity index (χ2v) is 3.68. The second kappa shape index (κ2) is 5.59. The molecule has 0 atom stereocenters. The predicted molar refractivity (Wildman–Crippen MR) is 60.1 cm³/mol. The summed E-state index contributed by atoms with van der Waals surface area (Å²) in [5.41, 5.74) is 3.00. The lowest BCUT2D eigenvalue weighted by Crippen LogP contribution is -2.01. The molecule has 1 aromatic heterocycles. The van der Waals surface area contributed by atoms with Crippen molar-refractivity contribution < 1.29 is 9.53 Å². The van der Waals surface area contributed by atoms with Gasteiger partial charge in [-0.15, -0.1) is 0 Å². The Morgan fingerprint density at radius 2 is 2.00 bits per heavy atom. The van der Waals surface area contributed by atoms with E-state index in [1.54, 1.807) is 0 Å². The van der Waals surface area contributed by atoms with Crippen LogP contribution in [0.3, 0.4) is 0 Å². The van der Waals surface area contributed by atoms with Crippen LogP contribution in [-0.2, 0) is 17.6 Å². The van der Waals surface area contributed by atoms with E-state index in [-0.39, 0.29) is 5.97 Å². The van der Waals surface area contributed by atoms with Crippen LogP contribution in [0.15, 0.2) is 6.07 Å². The highest BCUT2D eigenvalue weighted by atomic mass is 16.5. The third-order valence-electron chi connectivity index (χ3n) is 2.42. The summed E-state index contributed by atoms with van der Waals surface area (Å²) in [6.07, 6.45) is 4.18. The Bertz CT molecular complexity index is 305. The molecule has 0 unspecified atom stereocenters. The van der Waals surface area contributed by atoms with E-state index < -0.39 is 0 Å². The van der Waals surface area contributed by atoms with E-state index >= 15 is 0 Å². The van der Waals surface area contributed by atoms with Crippen LogP contribution in [0.2, 0.25) is 0 Å². The third kappa shape index (κ3) is 2.85. The minimum absolute atomic E-state index is 0.283. The third-order valence-corrected chi connectivity index (χ3v) is 2.42. The minimum atomic E-state index is -0.283. The van der Waals surface area contributed by atoms with Crippen LogP contribution >= 0.6 is 0 Å². The van der Waals surface area contributed by atoms with Gasteiger partial charge < -0.3 is 9.72 Å². The molecule has 0 spiro atoms. The first-order valence-electron chi connectivity index (χ1n) is 5.52. The van der Waals surface area contributed by atoms with Gasteiger partial charge in [0.25, 0.3) is 0 Å². The van der Waals surface area contributed by atoms with Gasteiger partial charge >= 0.3 is 5.97 Å². The Balaban J connectivity index is 2.92. The van der Waals surface area contributed by atoms with Crippen LogP contribution in [-0.4, -0.2) is 18.1 Å². The van der Waals surface area contributed by atoms with E-state index in [4.69, 9.17) is 4.74 Å². The zero-order chi connectivity index (χ0) is 11.3. The quantitative estimate of drug-likeness (QED) is 0.757. The van der Waals surface area contributed by atoms with E-state index in [0.29, 0.717) is 5.69 Å². The maximum atomic E-state index is 11.3. The smallest absolute Gasteiger partial charge is 0.354 e. The average Bonchev–Trinajstić information content (AvgIpc) is 2.62. The zero-order valence-corrected chi connectivity index (χ0v) is 9.72. The van der Waals surface area contributed by atoms with Gasteiger partial charge in [0, 0.05) is 5.69 Å². The molecule has 1 N–H and O–H groups in total. The molecule has 84 valence electrons. The average molecular weight is 209 g/mol. The van der Waals surface area contributed by atoms with E-state index in [0.717, 1.165) is 25.7 Å². The van der Waals surface area contributed by atoms with Gasteiger partial charge in [-0.2, -0.15) is 0 Å². The summed E-state index contributed by atoms with van der Waals surface area (Å²) >= 11 is 0. The number of aryl methyl sites for hydroxylation is 2. The predicted octanol–water partition coefficient (Wildman–Crippen LogP) is 2.71. The number of H-pyrrole nitrogens is 1. The summed E-state index contributed by atoms with van der Waals surface area (Å²) in [6.45, 7) is 4.27. The van der Waals surface area contributed by atoms with E-state index in [9.17, 15) is 4.79 Å². The molecule has 0 amide bonds. The molecule has 3 nitrogen and oxygen atoms in total. The molecule has 1 rings (SSSR count). The highest BCUT2D eigenvalue weighted by molar-refractivity contribution is 5.87. The van der Waals surface area contributed by atoms with Gasteiger partial charge in [0.15, 0.2) is 0 Å². The molecule has 0 saturated carbocycles. The first-order valence-corrected chi connectivity index (χ1v) is 5.52. The van der Waals surface area contributed by atoms with E-state index in [1.165, 1.54) is 18.4 Å². The molecule has 0 aliphatic carbocycles. The maximum Gasteiger partial charge on any atom is 0.354 e. The Labute approximate surface area is 90.8 Å². The molecule has 3 heteroatoms. The van der Waals surface area contributed by atoms with Gasteiger partial charge in [0.1, 0.15) is 5.69 Å². The summed E-state index contributed by atoms with van der Waals surface area (Å²) < 4.78 is 4.69. The molecular formula is C12H19NO2. The lowest BCUT2D eigenvalue weighted by molar-refractivity contribution is 0.0594. The molecule has 0 fully saturated rings. The number of carbonyl (C=O) groups excluding carboxylic acids is 1. The maximum absolute atomic E-state index is 11.3. The molecule has 1 aromatic rings. The number of ether oxygens (including phenoxy) is 1. The fraction of sp³-hybridized carbons (Fsp3) is 0.583. The Hall–Kier alpha value is -1.25. The van der Waals surface area contributed by atoms with Crippen molar-refractivity contribution in [3.63, 3.8) is 0 Å². The molecule has 0 aliphatic heterocycles. The Morgan fingerprint density at radius 3 is 2.53 bits per heavy atom. The van der Waals surface area contributed by atoms with E-state index in [1.807, 2.05) is 6.07 Å². The SMILES string of the molecule is CCCc1cc(C(=O)OC)[nH]c1CCC. The molecule has 0 radical (unpaired) electrons. The van der Waals surface area contributed by atoms with Crippen molar-refractivity contribution in [1.29, 1.82) is 0 Å². The Kier molecular flexibility index (Phi) is 4.40. The van der Waals surface area contributed by atoms with Crippen molar-refractivity contribution in [1.82, 2.24) is 4.98 Å². The second-order valence-electron chi connectivity index (χ2n) is 3.68. The summed E-state index contributed by atoms with van der Waals surface area (Å²) in [6, 6.07) is 1.92. The zero-order valence-electron chi connectivity index (χ0n) is 9.72. The van der Waals surface area contributed by atoms with Crippen LogP contribution < -0.4 is 0 Å². The first kappa shape index (κ1) is 11.8. The number of aromatic nitrogens is 1. The number of aromatic amines is 1. The van der Waals surface area contributed by atoms with Gasteiger partial charge in [-0.3, -0.25) is 0 Å². The van der Waals surface area contributed by atoms with Crippen molar-refractivity contribution in [2.24, 2.45) is 0 Å². The standard InChI is InChI=1S/C12H19NO2/c1-4-6-9-8-11(12(14)15-3)13-10(9)7-5-2/h8,13H,4-7H2,1-3H3. The molecule has 15 heavy (non-hydrogen) atoms. The minimum Gasteiger partial charge on any atom is -0.464 e. The van der Waals surface area contributed by atoms with Crippen molar-refractivity contribution in [2.45, 2.75) is 39.5 Å². The van der Waals surface area contributed by atoms with Crippen molar-refractivity contribution in [3.8, 4) is 0 Å². The normalized spacial score (nSPS) is 10.3. The molecule has 0 aliphatic rings. The van der Waals surface area contributed by atoms with E-state index in [2.05, 4.69) is 18.8 Å².